The van der Waals surface area contributed by atoms with Crippen LogP contribution >= 0.6 is 11.6 Å². The van der Waals surface area contributed by atoms with Crippen LogP contribution in [-0.2, 0) is 14.6 Å². The third-order valence-corrected chi connectivity index (χ3v) is 5.52. The zero-order valence-electron chi connectivity index (χ0n) is 14.5. The molecule has 27 heavy (non-hydrogen) atoms. The quantitative estimate of drug-likeness (QED) is 0.807. The molecular formula is C18H18ClN3O4S. The van der Waals surface area contributed by atoms with Gasteiger partial charge in [-0.2, -0.15) is 0 Å². The molecule has 2 aromatic rings. The Morgan fingerprint density at radius 1 is 1.22 bits per heavy atom. The lowest BCUT2D eigenvalue weighted by atomic mass is 10.2. The summed E-state index contributed by atoms with van der Waals surface area (Å²) in [5, 5.41) is 5.86. The lowest BCUT2D eigenvalue weighted by Gasteiger charge is -2.29. The van der Waals surface area contributed by atoms with E-state index in [-0.39, 0.29) is 22.9 Å². The number of rotatable bonds is 4. The van der Waals surface area contributed by atoms with Gasteiger partial charge >= 0.3 is 0 Å². The summed E-state index contributed by atoms with van der Waals surface area (Å²) in [6, 6.07) is 10.8. The largest absolute Gasteiger partial charge is 0.359 e. The van der Waals surface area contributed by atoms with Crippen molar-refractivity contribution >= 4 is 44.6 Å². The van der Waals surface area contributed by atoms with Crippen LogP contribution in [0.4, 0.5) is 11.4 Å². The monoisotopic (exact) mass is 407 g/mol. The second kappa shape index (κ2) is 7.58. The van der Waals surface area contributed by atoms with E-state index in [0.717, 1.165) is 6.26 Å². The van der Waals surface area contributed by atoms with Crippen LogP contribution in [0.2, 0.25) is 5.02 Å². The third kappa shape index (κ3) is 4.58. The van der Waals surface area contributed by atoms with Crippen LogP contribution in [0.15, 0.2) is 47.4 Å². The molecule has 1 saturated heterocycles. The second-order valence-electron chi connectivity index (χ2n) is 6.19. The van der Waals surface area contributed by atoms with Gasteiger partial charge in [0.2, 0.25) is 5.91 Å². The molecule has 142 valence electrons. The van der Waals surface area contributed by atoms with Crippen molar-refractivity contribution in [3.05, 3.63) is 53.1 Å². The van der Waals surface area contributed by atoms with Crippen molar-refractivity contribution < 1.29 is 18.0 Å². The molecule has 1 aliphatic heterocycles. The van der Waals surface area contributed by atoms with Crippen LogP contribution in [0.25, 0.3) is 0 Å². The normalized spacial score (nSPS) is 14.6. The summed E-state index contributed by atoms with van der Waals surface area (Å²) >= 11 is 6.32. The molecule has 7 nitrogen and oxygen atoms in total. The number of halogens is 1. The van der Waals surface area contributed by atoms with Gasteiger partial charge in [-0.15, -0.1) is 0 Å². The first-order chi connectivity index (χ1) is 12.7. The summed E-state index contributed by atoms with van der Waals surface area (Å²) in [7, 11) is -3.40. The van der Waals surface area contributed by atoms with Gasteiger partial charge in [0.15, 0.2) is 9.84 Å². The van der Waals surface area contributed by atoms with E-state index in [1.807, 2.05) is 4.90 Å². The number of amides is 2. The van der Waals surface area contributed by atoms with Gasteiger partial charge in [0.05, 0.1) is 22.2 Å². The first-order valence-electron chi connectivity index (χ1n) is 8.17. The molecular weight excluding hydrogens is 390 g/mol. The Labute approximate surface area is 162 Å². The zero-order chi connectivity index (χ0) is 19.6. The van der Waals surface area contributed by atoms with Crippen LogP contribution in [-0.4, -0.2) is 46.1 Å². The molecule has 0 atom stereocenters. The van der Waals surface area contributed by atoms with E-state index in [2.05, 4.69) is 10.6 Å². The Balaban J connectivity index is 1.77. The summed E-state index contributed by atoms with van der Waals surface area (Å²) < 4.78 is 23.3. The van der Waals surface area contributed by atoms with Crippen LogP contribution in [0.1, 0.15) is 10.4 Å². The first kappa shape index (κ1) is 19.2. The average Bonchev–Trinajstić information content (AvgIpc) is 2.61. The fraction of sp³-hybridized carbons (Fsp3) is 0.222. The Kier molecular flexibility index (Phi) is 5.38. The maximum absolute atomic E-state index is 12.4. The number of nitrogens with zero attached hydrogens (tertiary/aromatic N) is 1. The molecule has 0 aliphatic carbocycles. The maximum atomic E-state index is 12.4. The molecule has 2 aromatic carbocycles. The van der Waals surface area contributed by atoms with E-state index < -0.39 is 15.7 Å². The first-order valence-corrected chi connectivity index (χ1v) is 10.4. The molecule has 2 N–H and O–H groups in total. The summed E-state index contributed by atoms with van der Waals surface area (Å²) in [6.45, 7) is 1.42. The average molecular weight is 408 g/mol. The van der Waals surface area contributed by atoms with Gasteiger partial charge in [-0.05, 0) is 36.4 Å². The van der Waals surface area contributed by atoms with Crippen molar-refractivity contribution in [3.8, 4) is 0 Å². The standard InChI is InChI=1S/C18H18ClN3O4S/c1-27(25,26)14-4-2-3-12(9-14)18(24)21-13-5-6-16(15(19)10-13)22-8-7-20-17(23)11-22/h2-6,9-10H,7-8,11H2,1H3,(H,20,23)(H,21,24). The molecule has 0 saturated carbocycles. The van der Waals surface area contributed by atoms with Gasteiger partial charge in [0, 0.05) is 30.6 Å². The number of piperazine rings is 1. The lowest BCUT2D eigenvalue weighted by Crippen LogP contribution is -2.47. The van der Waals surface area contributed by atoms with Crippen molar-refractivity contribution in [2.45, 2.75) is 4.90 Å². The number of hydrogen-bond acceptors (Lipinski definition) is 5. The highest BCUT2D eigenvalue weighted by molar-refractivity contribution is 7.90. The minimum absolute atomic E-state index is 0.0690. The van der Waals surface area contributed by atoms with Gasteiger partial charge in [-0.3, -0.25) is 9.59 Å². The molecule has 0 aromatic heterocycles. The van der Waals surface area contributed by atoms with Crippen LogP contribution in [0, 0.1) is 0 Å². The van der Waals surface area contributed by atoms with E-state index >= 15 is 0 Å². The number of sulfone groups is 1. The van der Waals surface area contributed by atoms with Crippen molar-refractivity contribution in [1.82, 2.24) is 5.32 Å². The predicted octanol–water partition coefficient (Wildman–Crippen LogP) is 1.93. The molecule has 9 heteroatoms. The molecule has 1 aliphatic rings. The van der Waals surface area contributed by atoms with Gasteiger partial charge in [-0.1, -0.05) is 17.7 Å². The van der Waals surface area contributed by atoms with Gasteiger partial charge in [0.1, 0.15) is 0 Å². The number of carbonyl (C=O) groups excluding carboxylic acids is 2. The van der Waals surface area contributed by atoms with Crippen molar-refractivity contribution in [3.63, 3.8) is 0 Å². The molecule has 2 amide bonds. The molecule has 0 bridgehead atoms. The van der Waals surface area contributed by atoms with E-state index in [1.54, 1.807) is 18.2 Å². The number of anilines is 2. The molecule has 3 rings (SSSR count). The van der Waals surface area contributed by atoms with Crippen LogP contribution in [0.5, 0.6) is 0 Å². The number of benzene rings is 2. The third-order valence-electron chi connectivity index (χ3n) is 4.11. The Hall–Kier alpha value is -2.58. The Morgan fingerprint density at radius 2 is 2.00 bits per heavy atom. The topological polar surface area (TPSA) is 95.6 Å². The van der Waals surface area contributed by atoms with E-state index in [9.17, 15) is 18.0 Å². The van der Waals surface area contributed by atoms with Crippen molar-refractivity contribution in [1.29, 1.82) is 0 Å². The number of carbonyl (C=O) groups is 2. The molecule has 0 spiro atoms. The molecule has 1 heterocycles. The van der Waals surface area contributed by atoms with Gasteiger partial charge in [0.25, 0.3) is 5.91 Å². The SMILES string of the molecule is CS(=O)(=O)c1cccc(C(=O)Nc2ccc(N3CCNC(=O)C3)c(Cl)c2)c1. The molecule has 0 unspecified atom stereocenters. The van der Waals surface area contributed by atoms with Crippen molar-refractivity contribution in [2.24, 2.45) is 0 Å². The fourth-order valence-corrected chi connectivity index (χ4v) is 3.72. The minimum Gasteiger partial charge on any atom is -0.359 e. The zero-order valence-corrected chi connectivity index (χ0v) is 16.1. The predicted molar refractivity (Wildman–Crippen MR) is 104 cm³/mol. The van der Waals surface area contributed by atoms with Crippen LogP contribution < -0.4 is 15.5 Å². The summed E-state index contributed by atoms with van der Waals surface area (Å²) in [6.07, 6.45) is 1.09. The highest BCUT2D eigenvalue weighted by Crippen LogP contribution is 2.29. The van der Waals surface area contributed by atoms with E-state index in [1.165, 1.54) is 24.3 Å². The Bertz CT molecular complexity index is 1010. The Morgan fingerprint density at radius 3 is 2.67 bits per heavy atom. The lowest BCUT2D eigenvalue weighted by molar-refractivity contribution is -0.120. The van der Waals surface area contributed by atoms with Gasteiger partial charge in [-0.25, -0.2) is 8.42 Å². The smallest absolute Gasteiger partial charge is 0.255 e. The van der Waals surface area contributed by atoms with E-state index in [4.69, 9.17) is 11.6 Å². The summed E-state index contributed by atoms with van der Waals surface area (Å²) in [5.74, 6) is -0.512. The highest BCUT2D eigenvalue weighted by atomic mass is 35.5. The second-order valence-corrected chi connectivity index (χ2v) is 8.61. The molecule has 0 radical (unpaired) electrons. The summed E-state index contributed by atoms with van der Waals surface area (Å²) in [4.78, 5) is 25.9. The van der Waals surface area contributed by atoms with Gasteiger partial charge < -0.3 is 15.5 Å². The van der Waals surface area contributed by atoms with Crippen LogP contribution in [0.3, 0.4) is 0 Å². The van der Waals surface area contributed by atoms with Crippen molar-refractivity contribution in [2.75, 3.05) is 36.1 Å². The summed E-state index contributed by atoms with van der Waals surface area (Å²) in [5.41, 5.74) is 1.41. The van der Waals surface area contributed by atoms with E-state index in [0.29, 0.717) is 29.5 Å². The minimum atomic E-state index is -3.40. The number of hydrogen-bond donors (Lipinski definition) is 2. The maximum Gasteiger partial charge on any atom is 0.255 e. The molecule has 1 fully saturated rings. The fourth-order valence-electron chi connectivity index (χ4n) is 2.76. The highest BCUT2D eigenvalue weighted by Gasteiger charge is 2.19. The number of nitrogens with one attached hydrogen (secondary N) is 2.